The molecule has 0 amide bonds. The van der Waals surface area contributed by atoms with Crippen molar-refractivity contribution >= 4 is 5.96 Å². The first-order valence-corrected chi connectivity index (χ1v) is 7.18. The molecule has 0 aromatic heterocycles. The fourth-order valence-electron chi connectivity index (χ4n) is 2.99. The third kappa shape index (κ3) is 2.23. The molecule has 0 radical (unpaired) electrons. The molecule has 1 aliphatic heterocycles. The lowest BCUT2D eigenvalue weighted by atomic mass is 9.88. The quantitative estimate of drug-likeness (QED) is 0.919. The fraction of sp³-hybridized carbons (Fsp3) is 0.562. The maximum Gasteiger partial charge on any atom is 0.192 e. The van der Waals surface area contributed by atoms with E-state index in [9.17, 15) is 0 Å². The number of ether oxygens (including phenoxy) is 1. The highest BCUT2D eigenvalue weighted by atomic mass is 16.5. The van der Waals surface area contributed by atoms with Crippen LogP contribution in [0.25, 0.3) is 0 Å². The molecule has 0 fully saturated rings. The van der Waals surface area contributed by atoms with Gasteiger partial charge in [-0.25, -0.2) is 0 Å². The van der Waals surface area contributed by atoms with E-state index in [0.29, 0.717) is 18.5 Å². The van der Waals surface area contributed by atoms with Gasteiger partial charge in [0.2, 0.25) is 0 Å². The van der Waals surface area contributed by atoms with Gasteiger partial charge in [0.15, 0.2) is 5.96 Å². The number of methoxy groups -OCH3 is 1. The van der Waals surface area contributed by atoms with Crippen molar-refractivity contribution in [1.29, 1.82) is 0 Å². The molecule has 2 unspecified atom stereocenters. The normalized spacial score (nSPS) is 23.6. The minimum Gasteiger partial charge on any atom is -0.496 e. The molecular formula is C16H25N3O. The zero-order chi connectivity index (χ0) is 14.9. The van der Waals surface area contributed by atoms with Crippen LogP contribution in [0.15, 0.2) is 23.2 Å². The predicted octanol–water partition coefficient (Wildman–Crippen LogP) is 2.65. The Morgan fingerprint density at radius 1 is 1.50 bits per heavy atom. The number of nitrogens with zero attached hydrogens (tertiary/aromatic N) is 2. The van der Waals surface area contributed by atoms with Crippen molar-refractivity contribution in [2.24, 2.45) is 10.7 Å². The highest BCUT2D eigenvalue weighted by Crippen LogP contribution is 2.40. The molecule has 0 bridgehead atoms. The summed E-state index contributed by atoms with van der Waals surface area (Å²) in [6.45, 7) is 9.32. The molecule has 1 heterocycles. The van der Waals surface area contributed by atoms with Gasteiger partial charge in [0.25, 0.3) is 0 Å². The van der Waals surface area contributed by atoms with Gasteiger partial charge in [0.1, 0.15) is 5.75 Å². The van der Waals surface area contributed by atoms with Gasteiger partial charge < -0.3 is 15.4 Å². The third-order valence-corrected chi connectivity index (χ3v) is 4.29. The van der Waals surface area contributed by atoms with Gasteiger partial charge in [-0.3, -0.25) is 4.99 Å². The summed E-state index contributed by atoms with van der Waals surface area (Å²) in [7, 11) is 1.71. The van der Waals surface area contributed by atoms with Gasteiger partial charge in [0, 0.05) is 11.6 Å². The number of rotatable bonds is 4. The molecule has 2 rings (SSSR count). The number of guanidine groups is 1. The fourth-order valence-corrected chi connectivity index (χ4v) is 2.99. The Kier molecular flexibility index (Phi) is 3.93. The summed E-state index contributed by atoms with van der Waals surface area (Å²) in [6, 6.07) is 6.62. The second kappa shape index (κ2) is 5.35. The van der Waals surface area contributed by atoms with E-state index in [1.165, 1.54) is 5.56 Å². The highest BCUT2D eigenvalue weighted by molar-refractivity contribution is 5.82. The van der Waals surface area contributed by atoms with Crippen LogP contribution >= 0.6 is 0 Å². The minimum atomic E-state index is -0.239. The van der Waals surface area contributed by atoms with Crippen LogP contribution in [0.1, 0.15) is 38.3 Å². The Bertz CT molecular complexity index is 526. The molecule has 4 nitrogen and oxygen atoms in total. The Morgan fingerprint density at radius 3 is 2.80 bits per heavy atom. The van der Waals surface area contributed by atoms with Gasteiger partial charge >= 0.3 is 0 Å². The molecule has 4 heteroatoms. The zero-order valence-corrected chi connectivity index (χ0v) is 13.1. The Morgan fingerprint density at radius 2 is 2.20 bits per heavy atom. The second-order valence-corrected chi connectivity index (χ2v) is 5.78. The van der Waals surface area contributed by atoms with Crippen molar-refractivity contribution in [1.82, 2.24) is 4.90 Å². The Balaban J connectivity index is 2.52. The lowest BCUT2D eigenvalue weighted by Gasteiger charge is -2.41. The van der Waals surface area contributed by atoms with Crippen LogP contribution in [0.5, 0.6) is 5.75 Å². The van der Waals surface area contributed by atoms with E-state index >= 15 is 0 Å². The summed E-state index contributed by atoms with van der Waals surface area (Å²) < 4.78 is 5.56. The van der Waals surface area contributed by atoms with Crippen molar-refractivity contribution in [2.75, 3.05) is 13.7 Å². The summed E-state index contributed by atoms with van der Waals surface area (Å²) in [5.74, 6) is 1.53. The lowest BCUT2D eigenvalue weighted by molar-refractivity contribution is 0.167. The lowest BCUT2D eigenvalue weighted by Crippen LogP contribution is -2.51. The highest BCUT2D eigenvalue weighted by Gasteiger charge is 2.43. The number of aryl methyl sites for hydroxylation is 1. The summed E-state index contributed by atoms with van der Waals surface area (Å²) in [4.78, 5) is 6.71. The van der Waals surface area contributed by atoms with Crippen molar-refractivity contribution < 1.29 is 4.74 Å². The first kappa shape index (κ1) is 14.7. The second-order valence-electron chi connectivity index (χ2n) is 5.78. The topological polar surface area (TPSA) is 50.8 Å². The van der Waals surface area contributed by atoms with Crippen LogP contribution in [-0.2, 0) is 5.54 Å². The van der Waals surface area contributed by atoms with E-state index in [1.54, 1.807) is 7.11 Å². The van der Waals surface area contributed by atoms with Crippen molar-refractivity contribution in [2.45, 2.75) is 45.7 Å². The molecule has 0 aliphatic carbocycles. The SMILES string of the molecule is CCC(C)N1C(N)=NCC1(C)c1cc(C)ccc1OC. The van der Waals surface area contributed by atoms with Crippen LogP contribution in [0.4, 0.5) is 0 Å². The smallest absolute Gasteiger partial charge is 0.192 e. The monoisotopic (exact) mass is 275 g/mol. The molecule has 1 aliphatic rings. The first-order valence-electron chi connectivity index (χ1n) is 7.18. The minimum absolute atomic E-state index is 0.239. The van der Waals surface area contributed by atoms with E-state index in [2.05, 4.69) is 49.7 Å². The average Bonchev–Trinajstić information content (AvgIpc) is 2.75. The molecule has 1 aromatic carbocycles. The zero-order valence-electron chi connectivity index (χ0n) is 13.1. The van der Waals surface area contributed by atoms with E-state index in [0.717, 1.165) is 17.7 Å². The Labute approximate surface area is 121 Å². The maximum absolute atomic E-state index is 6.13. The van der Waals surface area contributed by atoms with Crippen LogP contribution in [-0.4, -0.2) is 30.6 Å². The van der Waals surface area contributed by atoms with E-state index in [-0.39, 0.29) is 5.54 Å². The summed E-state index contributed by atoms with van der Waals surface area (Å²) >= 11 is 0. The predicted molar refractivity (Wildman–Crippen MR) is 83.2 cm³/mol. The third-order valence-electron chi connectivity index (χ3n) is 4.29. The summed E-state index contributed by atoms with van der Waals surface area (Å²) in [6.07, 6.45) is 1.03. The number of benzene rings is 1. The standard InChI is InChI=1S/C16H25N3O/c1-6-12(3)19-15(17)18-10-16(19,4)13-9-11(2)7-8-14(13)20-5/h7-9,12H,6,10H2,1-5H3,(H2,17,18). The number of aliphatic imine (C=N–C) groups is 1. The van der Waals surface area contributed by atoms with Crippen LogP contribution < -0.4 is 10.5 Å². The van der Waals surface area contributed by atoms with Gasteiger partial charge in [-0.15, -0.1) is 0 Å². The molecule has 2 N–H and O–H groups in total. The number of hydrogen-bond acceptors (Lipinski definition) is 4. The van der Waals surface area contributed by atoms with Crippen molar-refractivity contribution in [3.8, 4) is 5.75 Å². The maximum atomic E-state index is 6.13. The number of hydrogen-bond donors (Lipinski definition) is 1. The molecule has 2 atom stereocenters. The van der Waals surface area contributed by atoms with Gasteiger partial charge in [-0.1, -0.05) is 18.6 Å². The summed E-state index contributed by atoms with van der Waals surface area (Å²) in [5, 5.41) is 0. The van der Waals surface area contributed by atoms with Crippen molar-refractivity contribution in [3.63, 3.8) is 0 Å². The van der Waals surface area contributed by atoms with Gasteiger partial charge in [0.05, 0.1) is 19.2 Å². The molecule has 1 aromatic rings. The van der Waals surface area contributed by atoms with E-state index < -0.39 is 0 Å². The molecular weight excluding hydrogens is 250 g/mol. The van der Waals surface area contributed by atoms with Gasteiger partial charge in [-0.05, 0) is 39.3 Å². The first-order chi connectivity index (χ1) is 9.43. The van der Waals surface area contributed by atoms with E-state index in [1.807, 2.05) is 6.07 Å². The Hall–Kier alpha value is -1.71. The molecule has 20 heavy (non-hydrogen) atoms. The molecule has 0 saturated carbocycles. The largest absolute Gasteiger partial charge is 0.496 e. The summed E-state index contributed by atoms with van der Waals surface area (Å²) in [5.41, 5.74) is 8.27. The molecule has 110 valence electrons. The molecule has 0 spiro atoms. The van der Waals surface area contributed by atoms with Crippen molar-refractivity contribution in [3.05, 3.63) is 29.3 Å². The van der Waals surface area contributed by atoms with Crippen LogP contribution in [0.3, 0.4) is 0 Å². The number of nitrogens with two attached hydrogens (primary N) is 1. The molecule has 0 saturated heterocycles. The van der Waals surface area contributed by atoms with Crippen LogP contribution in [0, 0.1) is 6.92 Å². The van der Waals surface area contributed by atoms with Gasteiger partial charge in [-0.2, -0.15) is 0 Å². The average molecular weight is 275 g/mol. The van der Waals surface area contributed by atoms with Crippen LogP contribution in [0.2, 0.25) is 0 Å². The van der Waals surface area contributed by atoms with E-state index in [4.69, 9.17) is 10.5 Å².